The van der Waals surface area contributed by atoms with Crippen LogP contribution in [0.4, 0.5) is 10.8 Å². The SMILES string of the molecule is NC(=O)c1c(N)nsc1NCCC(=O)N1CCCCC1. The number of piperidine rings is 1. The third kappa shape index (κ3) is 3.38. The molecule has 2 amide bonds. The van der Waals surface area contributed by atoms with Crippen LogP contribution in [-0.4, -0.2) is 40.7 Å². The van der Waals surface area contributed by atoms with Crippen molar-refractivity contribution >= 4 is 34.2 Å². The molecule has 0 unspecified atom stereocenters. The molecule has 0 spiro atoms. The molecule has 1 aromatic rings. The molecule has 2 heterocycles. The number of rotatable bonds is 5. The number of likely N-dealkylation sites (tertiary alicyclic amines) is 1. The number of hydrogen-bond acceptors (Lipinski definition) is 6. The number of anilines is 2. The number of hydrogen-bond donors (Lipinski definition) is 3. The van der Waals surface area contributed by atoms with Crippen LogP contribution in [-0.2, 0) is 4.79 Å². The highest BCUT2D eigenvalue weighted by molar-refractivity contribution is 7.11. The second-order valence-corrected chi connectivity index (χ2v) is 5.53. The van der Waals surface area contributed by atoms with Gasteiger partial charge in [0.05, 0.1) is 0 Å². The van der Waals surface area contributed by atoms with E-state index in [1.54, 1.807) is 0 Å². The molecular weight excluding hydrogens is 278 g/mol. The summed E-state index contributed by atoms with van der Waals surface area (Å²) in [5.41, 5.74) is 11.0. The monoisotopic (exact) mass is 297 g/mol. The molecule has 0 aromatic carbocycles. The molecule has 0 saturated carbocycles. The van der Waals surface area contributed by atoms with E-state index in [4.69, 9.17) is 11.5 Å². The zero-order valence-electron chi connectivity index (χ0n) is 11.2. The second kappa shape index (κ2) is 6.56. The maximum absolute atomic E-state index is 12.0. The van der Waals surface area contributed by atoms with Gasteiger partial charge < -0.3 is 21.7 Å². The zero-order valence-corrected chi connectivity index (χ0v) is 12.0. The Balaban J connectivity index is 1.83. The van der Waals surface area contributed by atoms with Gasteiger partial charge in [-0.05, 0) is 30.8 Å². The summed E-state index contributed by atoms with van der Waals surface area (Å²) < 4.78 is 3.89. The standard InChI is InChI=1S/C12H19N5O2S/c13-10-9(11(14)19)12(20-16-10)15-5-4-8(18)17-6-2-1-3-7-17/h15H,1-7H2,(H2,13,16)(H2,14,19). The number of nitrogens with one attached hydrogen (secondary N) is 1. The van der Waals surface area contributed by atoms with Gasteiger partial charge in [0.25, 0.3) is 5.91 Å². The number of aromatic nitrogens is 1. The van der Waals surface area contributed by atoms with Gasteiger partial charge in [-0.25, -0.2) is 0 Å². The number of nitrogen functional groups attached to an aromatic ring is 1. The quantitative estimate of drug-likeness (QED) is 0.738. The lowest BCUT2D eigenvalue weighted by Crippen LogP contribution is -2.36. The summed E-state index contributed by atoms with van der Waals surface area (Å²) in [5, 5.41) is 3.54. The van der Waals surface area contributed by atoms with E-state index in [0.717, 1.165) is 37.5 Å². The first kappa shape index (κ1) is 14.6. The van der Waals surface area contributed by atoms with Gasteiger partial charge in [-0.1, -0.05) is 0 Å². The average Bonchev–Trinajstić information content (AvgIpc) is 2.81. The lowest BCUT2D eigenvalue weighted by Gasteiger charge is -2.26. The molecule has 1 saturated heterocycles. The minimum atomic E-state index is -0.610. The summed E-state index contributed by atoms with van der Waals surface area (Å²) in [6.07, 6.45) is 3.74. The van der Waals surface area contributed by atoms with Crippen LogP contribution in [0.15, 0.2) is 0 Å². The molecule has 0 radical (unpaired) electrons. The Kier molecular flexibility index (Phi) is 4.78. The Morgan fingerprint density at radius 3 is 2.65 bits per heavy atom. The van der Waals surface area contributed by atoms with E-state index in [0.29, 0.717) is 18.0 Å². The smallest absolute Gasteiger partial charge is 0.255 e. The molecule has 0 aliphatic carbocycles. The lowest BCUT2D eigenvalue weighted by atomic mass is 10.1. The molecule has 1 aliphatic heterocycles. The van der Waals surface area contributed by atoms with Crippen LogP contribution in [0.25, 0.3) is 0 Å². The van der Waals surface area contributed by atoms with Crippen LogP contribution in [0, 0.1) is 0 Å². The van der Waals surface area contributed by atoms with E-state index in [2.05, 4.69) is 9.69 Å². The highest BCUT2D eigenvalue weighted by Crippen LogP contribution is 2.26. The molecule has 2 rings (SSSR count). The largest absolute Gasteiger partial charge is 0.382 e. The first-order valence-electron chi connectivity index (χ1n) is 6.66. The van der Waals surface area contributed by atoms with Crippen molar-refractivity contribution in [1.82, 2.24) is 9.27 Å². The van der Waals surface area contributed by atoms with Gasteiger partial charge in [-0.2, -0.15) is 4.37 Å². The van der Waals surface area contributed by atoms with Gasteiger partial charge in [0.1, 0.15) is 10.6 Å². The first-order chi connectivity index (χ1) is 9.59. The predicted molar refractivity (Wildman–Crippen MR) is 78.6 cm³/mol. The van der Waals surface area contributed by atoms with Crippen LogP contribution in [0.1, 0.15) is 36.0 Å². The van der Waals surface area contributed by atoms with Gasteiger partial charge in [-0.15, -0.1) is 0 Å². The minimum Gasteiger partial charge on any atom is -0.382 e. The molecule has 0 bridgehead atoms. The maximum Gasteiger partial charge on any atom is 0.255 e. The Morgan fingerprint density at radius 1 is 1.30 bits per heavy atom. The summed E-state index contributed by atoms with van der Waals surface area (Å²) in [4.78, 5) is 25.1. The van der Waals surface area contributed by atoms with Gasteiger partial charge in [-0.3, -0.25) is 9.59 Å². The molecule has 7 nitrogen and oxygen atoms in total. The first-order valence-corrected chi connectivity index (χ1v) is 7.43. The fourth-order valence-electron chi connectivity index (χ4n) is 2.25. The molecule has 0 atom stereocenters. The summed E-state index contributed by atoms with van der Waals surface area (Å²) in [7, 11) is 0. The lowest BCUT2D eigenvalue weighted by molar-refractivity contribution is -0.131. The number of carbonyl (C=O) groups is 2. The van der Waals surface area contributed by atoms with Crippen molar-refractivity contribution in [2.45, 2.75) is 25.7 Å². The minimum absolute atomic E-state index is 0.132. The van der Waals surface area contributed by atoms with Gasteiger partial charge in [0, 0.05) is 26.1 Å². The van der Waals surface area contributed by atoms with E-state index in [9.17, 15) is 9.59 Å². The summed E-state index contributed by atoms with van der Waals surface area (Å²) >= 11 is 1.08. The highest BCUT2D eigenvalue weighted by Gasteiger charge is 2.18. The van der Waals surface area contributed by atoms with Gasteiger partial charge >= 0.3 is 0 Å². The second-order valence-electron chi connectivity index (χ2n) is 4.75. The molecule has 110 valence electrons. The predicted octanol–water partition coefficient (Wildman–Crippen LogP) is 0.639. The van der Waals surface area contributed by atoms with Crippen LogP contribution < -0.4 is 16.8 Å². The van der Waals surface area contributed by atoms with Crippen molar-refractivity contribution in [2.75, 3.05) is 30.7 Å². The number of primary amides is 1. The molecule has 1 aromatic heterocycles. The van der Waals surface area contributed by atoms with Crippen molar-refractivity contribution in [1.29, 1.82) is 0 Å². The number of carbonyl (C=O) groups excluding carboxylic acids is 2. The fraction of sp³-hybridized carbons (Fsp3) is 0.583. The summed E-state index contributed by atoms with van der Waals surface area (Å²) in [6.45, 7) is 2.13. The van der Waals surface area contributed by atoms with Crippen LogP contribution >= 0.6 is 11.5 Å². The van der Waals surface area contributed by atoms with E-state index in [-0.39, 0.29) is 17.3 Å². The Bertz CT molecular complexity index is 496. The number of amides is 2. The maximum atomic E-state index is 12.0. The third-order valence-corrected chi connectivity index (χ3v) is 4.12. The van der Waals surface area contributed by atoms with E-state index in [1.165, 1.54) is 6.42 Å². The Labute approximate surface area is 121 Å². The highest BCUT2D eigenvalue weighted by atomic mass is 32.1. The van der Waals surface area contributed by atoms with Crippen LogP contribution in [0.2, 0.25) is 0 Å². The number of nitrogens with two attached hydrogens (primary N) is 2. The third-order valence-electron chi connectivity index (χ3n) is 3.30. The normalized spacial score (nSPS) is 15.1. The fourth-order valence-corrected chi connectivity index (χ4v) is 2.99. The summed E-state index contributed by atoms with van der Waals surface area (Å²) in [5.74, 6) is -0.344. The topological polar surface area (TPSA) is 114 Å². The molecule has 1 fully saturated rings. The number of nitrogens with zero attached hydrogens (tertiary/aromatic N) is 2. The molecule has 20 heavy (non-hydrogen) atoms. The molecule has 5 N–H and O–H groups in total. The molecule has 8 heteroatoms. The summed E-state index contributed by atoms with van der Waals surface area (Å²) in [6, 6.07) is 0. The van der Waals surface area contributed by atoms with Crippen LogP contribution in [0.5, 0.6) is 0 Å². The molecular formula is C12H19N5O2S. The van der Waals surface area contributed by atoms with Gasteiger partial charge in [0.15, 0.2) is 5.82 Å². The molecule has 1 aliphatic rings. The average molecular weight is 297 g/mol. The van der Waals surface area contributed by atoms with Crippen molar-refractivity contribution in [3.05, 3.63) is 5.56 Å². The van der Waals surface area contributed by atoms with E-state index < -0.39 is 5.91 Å². The van der Waals surface area contributed by atoms with Crippen molar-refractivity contribution in [3.8, 4) is 0 Å². The van der Waals surface area contributed by atoms with E-state index in [1.807, 2.05) is 4.90 Å². The van der Waals surface area contributed by atoms with E-state index >= 15 is 0 Å². The van der Waals surface area contributed by atoms with Crippen molar-refractivity contribution in [3.63, 3.8) is 0 Å². The van der Waals surface area contributed by atoms with Gasteiger partial charge in [0.2, 0.25) is 5.91 Å². The van der Waals surface area contributed by atoms with Crippen molar-refractivity contribution in [2.24, 2.45) is 5.73 Å². The van der Waals surface area contributed by atoms with Crippen molar-refractivity contribution < 1.29 is 9.59 Å². The zero-order chi connectivity index (χ0) is 14.5. The Morgan fingerprint density at radius 2 is 2.00 bits per heavy atom. The Hall–Kier alpha value is -1.83. The van der Waals surface area contributed by atoms with Crippen LogP contribution in [0.3, 0.4) is 0 Å².